The standard InChI is InChI=1S/C19H30N2O5/c1-7-8-19(11-24-12(2)3)15(25-13(4)5)9-16(26-19)21-10-14(6)17(22)20-18(21)23/h7,10,12-13,15-16H,1,8-9,11H2,2-6H3,(H,20,22,23)/t15-,16+,19-/m0/s1. The number of aromatic nitrogens is 2. The second-order valence-electron chi connectivity index (χ2n) is 7.38. The number of hydrogen-bond donors (Lipinski definition) is 1. The zero-order valence-electron chi connectivity index (χ0n) is 16.3. The van der Waals surface area contributed by atoms with E-state index in [-0.39, 0.29) is 23.9 Å². The summed E-state index contributed by atoms with van der Waals surface area (Å²) < 4.78 is 19.7. The van der Waals surface area contributed by atoms with Crippen LogP contribution >= 0.6 is 0 Å². The first kappa shape index (κ1) is 20.6. The zero-order chi connectivity index (χ0) is 19.5. The van der Waals surface area contributed by atoms with Gasteiger partial charge in [-0.15, -0.1) is 6.58 Å². The molecule has 0 bridgehead atoms. The molecule has 1 saturated heterocycles. The van der Waals surface area contributed by atoms with Gasteiger partial charge in [0.1, 0.15) is 11.8 Å². The Morgan fingerprint density at radius 1 is 1.38 bits per heavy atom. The number of nitrogens with zero attached hydrogens (tertiary/aromatic N) is 1. The van der Waals surface area contributed by atoms with Gasteiger partial charge in [-0.25, -0.2) is 4.79 Å². The number of H-pyrrole nitrogens is 1. The lowest BCUT2D eigenvalue weighted by Gasteiger charge is -2.35. The molecule has 1 N–H and O–H groups in total. The van der Waals surface area contributed by atoms with Crippen LogP contribution in [0.25, 0.3) is 0 Å². The molecule has 26 heavy (non-hydrogen) atoms. The van der Waals surface area contributed by atoms with E-state index in [1.807, 2.05) is 27.7 Å². The van der Waals surface area contributed by atoms with Gasteiger partial charge in [-0.05, 0) is 41.0 Å². The Morgan fingerprint density at radius 2 is 2.08 bits per heavy atom. The number of hydrogen-bond acceptors (Lipinski definition) is 5. The highest BCUT2D eigenvalue weighted by Crippen LogP contribution is 2.41. The predicted octanol–water partition coefficient (Wildman–Crippen LogP) is 2.30. The lowest BCUT2D eigenvalue weighted by molar-refractivity contribution is -0.164. The predicted molar refractivity (Wildman–Crippen MR) is 99.4 cm³/mol. The maximum absolute atomic E-state index is 12.3. The summed E-state index contributed by atoms with van der Waals surface area (Å²) in [4.78, 5) is 26.3. The van der Waals surface area contributed by atoms with Crippen molar-refractivity contribution in [1.82, 2.24) is 9.55 Å². The fraction of sp³-hybridized carbons (Fsp3) is 0.684. The molecule has 0 saturated carbocycles. The van der Waals surface area contributed by atoms with Gasteiger partial charge in [0.05, 0.1) is 24.9 Å². The minimum Gasteiger partial charge on any atom is -0.376 e. The van der Waals surface area contributed by atoms with Crippen molar-refractivity contribution in [3.05, 3.63) is 45.3 Å². The molecule has 0 aromatic carbocycles. The average Bonchev–Trinajstić information content (AvgIpc) is 2.87. The van der Waals surface area contributed by atoms with Crippen LogP contribution in [0.3, 0.4) is 0 Å². The molecule has 146 valence electrons. The minimum absolute atomic E-state index is 0.000344. The SMILES string of the molecule is C=CC[C@@]1(COC(C)C)O[C@@H](n2cc(C)c(=O)[nH]c2=O)C[C@@H]1OC(C)C. The number of aromatic amines is 1. The van der Waals surface area contributed by atoms with Crippen molar-refractivity contribution in [3.8, 4) is 0 Å². The van der Waals surface area contributed by atoms with Crippen molar-refractivity contribution in [3.63, 3.8) is 0 Å². The smallest absolute Gasteiger partial charge is 0.330 e. The third kappa shape index (κ3) is 4.52. The van der Waals surface area contributed by atoms with Gasteiger partial charge < -0.3 is 14.2 Å². The Kier molecular flexibility index (Phi) is 6.60. The lowest BCUT2D eigenvalue weighted by atomic mass is 9.93. The normalized spacial score (nSPS) is 26.0. The van der Waals surface area contributed by atoms with E-state index in [2.05, 4.69) is 11.6 Å². The summed E-state index contributed by atoms with van der Waals surface area (Å²) in [5, 5.41) is 0. The van der Waals surface area contributed by atoms with Gasteiger partial charge in [-0.1, -0.05) is 6.08 Å². The van der Waals surface area contributed by atoms with Crippen LogP contribution in [-0.4, -0.2) is 40.1 Å². The molecule has 0 unspecified atom stereocenters. The summed E-state index contributed by atoms with van der Waals surface area (Å²) in [6.07, 6.45) is 3.57. The minimum atomic E-state index is -0.732. The first-order valence-corrected chi connectivity index (χ1v) is 9.06. The Hall–Kier alpha value is -1.70. The number of ether oxygens (including phenoxy) is 3. The molecule has 1 aromatic heterocycles. The zero-order valence-corrected chi connectivity index (χ0v) is 16.3. The molecule has 1 aromatic rings. The summed E-state index contributed by atoms with van der Waals surface area (Å²) in [6.45, 7) is 13.7. The largest absolute Gasteiger partial charge is 0.376 e. The third-order valence-corrected chi connectivity index (χ3v) is 4.42. The molecule has 0 spiro atoms. The molecule has 0 radical (unpaired) electrons. The van der Waals surface area contributed by atoms with Crippen LogP contribution in [0.2, 0.25) is 0 Å². The topological polar surface area (TPSA) is 82.5 Å². The summed E-state index contributed by atoms with van der Waals surface area (Å²) in [5.41, 5.74) is -1.16. The quantitative estimate of drug-likeness (QED) is 0.714. The van der Waals surface area contributed by atoms with Gasteiger partial charge in [-0.2, -0.15) is 0 Å². The molecule has 1 aliphatic rings. The van der Waals surface area contributed by atoms with Crippen molar-refractivity contribution in [2.75, 3.05) is 6.61 Å². The van der Waals surface area contributed by atoms with E-state index in [1.54, 1.807) is 13.0 Å². The second-order valence-corrected chi connectivity index (χ2v) is 7.38. The Morgan fingerprint density at radius 3 is 2.65 bits per heavy atom. The van der Waals surface area contributed by atoms with Gasteiger partial charge >= 0.3 is 5.69 Å². The molecule has 1 fully saturated rings. The second kappa shape index (κ2) is 8.33. The van der Waals surface area contributed by atoms with Crippen LogP contribution in [-0.2, 0) is 14.2 Å². The molecule has 7 heteroatoms. The monoisotopic (exact) mass is 366 g/mol. The summed E-state index contributed by atoms with van der Waals surface area (Å²) >= 11 is 0. The van der Waals surface area contributed by atoms with Crippen molar-refractivity contribution in [2.45, 2.75) is 77.6 Å². The van der Waals surface area contributed by atoms with Crippen LogP contribution in [0.15, 0.2) is 28.4 Å². The van der Waals surface area contributed by atoms with Gasteiger partial charge in [0.15, 0.2) is 0 Å². The van der Waals surface area contributed by atoms with Crippen molar-refractivity contribution >= 4 is 0 Å². The van der Waals surface area contributed by atoms with E-state index in [1.165, 1.54) is 10.8 Å². The van der Waals surface area contributed by atoms with Crippen LogP contribution < -0.4 is 11.2 Å². The lowest BCUT2D eigenvalue weighted by Crippen LogP contribution is -2.46. The highest BCUT2D eigenvalue weighted by Gasteiger charge is 2.50. The van der Waals surface area contributed by atoms with Crippen LogP contribution in [0.1, 0.15) is 52.3 Å². The molecule has 0 aliphatic carbocycles. The molecule has 0 amide bonds. The van der Waals surface area contributed by atoms with E-state index < -0.39 is 17.5 Å². The fourth-order valence-corrected chi connectivity index (χ4v) is 3.19. The average molecular weight is 366 g/mol. The van der Waals surface area contributed by atoms with E-state index >= 15 is 0 Å². The summed E-state index contributed by atoms with van der Waals surface area (Å²) in [7, 11) is 0. The first-order valence-electron chi connectivity index (χ1n) is 9.06. The highest BCUT2D eigenvalue weighted by molar-refractivity contribution is 5.05. The first-order chi connectivity index (χ1) is 12.2. The molecule has 2 heterocycles. The molecular formula is C19H30N2O5. The van der Waals surface area contributed by atoms with Gasteiger partial charge in [0, 0.05) is 18.2 Å². The van der Waals surface area contributed by atoms with Crippen LogP contribution in [0, 0.1) is 6.92 Å². The summed E-state index contributed by atoms with van der Waals surface area (Å²) in [5.74, 6) is 0. The van der Waals surface area contributed by atoms with Gasteiger partial charge in [0.25, 0.3) is 5.56 Å². The van der Waals surface area contributed by atoms with Crippen molar-refractivity contribution in [2.24, 2.45) is 0 Å². The fourth-order valence-electron chi connectivity index (χ4n) is 3.19. The van der Waals surface area contributed by atoms with Crippen molar-refractivity contribution in [1.29, 1.82) is 0 Å². The van der Waals surface area contributed by atoms with Crippen LogP contribution in [0.4, 0.5) is 0 Å². The van der Waals surface area contributed by atoms with Gasteiger partial charge in [-0.3, -0.25) is 14.3 Å². The molecule has 3 atom stereocenters. The molecule has 7 nitrogen and oxygen atoms in total. The van der Waals surface area contributed by atoms with E-state index in [0.717, 1.165) is 0 Å². The molecule has 1 aliphatic heterocycles. The van der Waals surface area contributed by atoms with E-state index in [4.69, 9.17) is 14.2 Å². The number of rotatable bonds is 8. The summed E-state index contributed by atoms with van der Waals surface area (Å²) in [6, 6.07) is 0. The van der Waals surface area contributed by atoms with Crippen molar-refractivity contribution < 1.29 is 14.2 Å². The molecular weight excluding hydrogens is 336 g/mol. The van der Waals surface area contributed by atoms with Gasteiger partial charge in [0.2, 0.25) is 0 Å². The molecule has 2 rings (SSSR count). The highest BCUT2D eigenvalue weighted by atomic mass is 16.6. The Balaban J connectivity index is 2.40. The maximum Gasteiger partial charge on any atom is 0.330 e. The third-order valence-electron chi connectivity index (χ3n) is 4.42. The van der Waals surface area contributed by atoms with Crippen LogP contribution in [0.5, 0.6) is 0 Å². The van der Waals surface area contributed by atoms with E-state index in [9.17, 15) is 9.59 Å². The Labute approximate surface area is 154 Å². The number of aryl methyl sites for hydroxylation is 1. The maximum atomic E-state index is 12.3. The van der Waals surface area contributed by atoms with E-state index in [0.29, 0.717) is 25.0 Å². The Bertz CT molecular complexity index is 736. The number of nitrogens with one attached hydrogen (secondary N) is 1.